The standard InChI is InChI=1S/C17H19F2N3O/c1-3-13(23)9-22-10-21(2)17-16(22)7-12(8-20-17)11-4-5-14(18)15(19)6-11/h4-8,13,23H,3,9-10H2,1-2H3/t13-/m1/s1. The first-order valence-corrected chi connectivity index (χ1v) is 7.59. The Hall–Kier alpha value is -2.21. The van der Waals surface area contributed by atoms with Gasteiger partial charge in [0.05, 0.1) is 18.5 Å². The molecule has 1 aromatic heterocycles. The van der Waals surface area contributed by atoms with Crippen LogP contribution < -0.4 is 9.80 Å². The second kappa shape index (κ2) is 6.12. The Labute approximate surface area is 134 Å². The Bertz CT molecular complexity index is 723. The second-order valence-electron chi connectivity index (χ2n) is 5.82. The molecule has 0 spiro atoms. The van der Waals surface area contributed by atoms with Crippen molar-refractivity contribution in [3.05, 3.63) is 42.1 Å². The lowest BCUT2D eigenvalue weighted by Crippen LogP contribution is -2.34. The van der Waals surface area contributed by atoms with Crippen LogP contribution in [0, 0.1) is 11.6 Å². The number of rotatable bonds is 4. The predicted molar refractivity (Wildman–Crippen MR) is 86.5 cm³/mol. The van der Waals surface area contributed by atoms with Gasteiger partial charge in [-0.1, -0.05) is 13.0 Å². The molecule has 2 aromatic rings. The maximum absolute atomic E-state index is 13.4. The van der Waals surface area contributed by atoms with Crippen LogP contribution in [-0.4, -0.2) is 36.5 Å². The molecule has 0 fully saturated rings. The molecule has 4 nitrogen and oxygen atoms in total. The van der Waals surface area contributed by atoms with Crippen molar-refractivity contribution < 1.29 is 13.9 Å². The number of anilines is 2. The summed E-state index contributed by atoms with van der Waals surface area (Å²) in [6, 6.07) is 5.72. The number of β-amino-alcohol motifs (C(OH)–C–C–N with tert-alkyl or cyclic N) is 1. The SMILES string of the molecule is CC[C@@H](O)CN1CN(C)c2ncc(-c3ccc(F)c(F)c3)cc21. The zero-order valence-corrected chi connectivity index (χ0v) is 13.1. The van der Waals surface area contributed by atoms with Gasteiger partial charge in [-0.25, -0.2) is 13.8 Å². The maximum Gasteiger partial charge on any atom is 0.159 e. The monoisotopic (exact) mass is 319 g/mol. The van der Waals surface area contributed by atoms with E-state index in [1.165, 1.54) is 12.1 Å². The van der Waals surface area contributed by atoms with Crippen LogP contribution in [0.25, 0.3) is 11.1 Å². The van der Waals surface area contributed by atoms with Gasteiger partial charge in [0.2, 0.25) is 0 Å². The minimum Gasteiger partial charge on any atom is -0.391 e. The first-order chi connectivity index (χ1) is 11.0. The van der Waals surface area contributed by atoms with E-state index in [4.69, 9.17) is 0 Å². The average molecular weight is 319 g/mol. The van der Waals surface area contributed by atoms with Crippen molar-refractivity contribution in [2.75, 3.05) is 30.1 Å². The van der Waals surface area contributed by atoms with E-state index in [-0.39, 0.29) is 0 Å². The molecule has 0 amide bonds. The number of pyridine rings is 1. The van der Waals surface area contributed by atoms with Crippen LogP contribution >= 0.6 is 0 Å². The van der Waals surface area contributed by atoms with Crippen LogP contribution in [0.5, 0.6) is 0 Å². The lowest BCUT2D eigenvalue weighted by molar-refractivity contribution is 0.176. The van der Waals surface area contributed by atoms with Gasteiger partial charge in [0.25, 0.3) is 0 Å². The van der Waals surface area contributed by atoms with Crippen molar-refractivity contribution in [3.63, 3.8) is 0 Å². The molecule has 0 aliphatic carbocycles. The lowest BCUT2D eigenvalue weighted by atomic mass is 10.1. The summed E-state index contributed by atoms with van der Waals surface area (Å²) in [5.41, 5.74) is 2.18. The van der Waals surface area contributed by atoms with Crippen molar-refractivity contribution in [1.29, 1.82) is 0 Å². The summed E-state index contributed by atoms with van der Waals surface area (Å²) in [6.45, 7) is 3.08. The number of nitrogens with zero attached hydrogens (tertiary/aromatic N) is 3. The molecular weight excluding hydrogens is 300 g/mol. The van der Waals surface area contributed by atoms with E-state index in [2.05, 4.69) is 4.98 Å². The Kier molecular flexibility index (Phi) is 4.17. The van der Waals surface area contributed by atoms with Crippen molar-refractivity contribution in [1.82, 2.24) is 4.98 Å². The molecule has 0 unspecified atom stereocenters. The van der Waals surface area contributed by atoms with Gasteiger partial charge < -0.3 is 14.9 Å². The van der Waals surface area contributed by atoms with E-state index < -0.39 is 17.7 Å². The van der Waals surface area contributed by atoms with E-state index in [9.17, 15) is 13.9 Å². The van der Waals surface area contributed by atoms with Crippen LogP contribution in [0.1, 0.15) is 13.3 Å². The van der Waals surface area contributed by atoms with E-state index in [0.29, 0.717) is 30.8 Å². The summed E-state index contributed by atoms with van der Waals surface area (Å²) in [5, 5.41) is 9.91. The molecule has 1 N–H and O–H groups in total. The smallest absolute Gasteiger partial charge is 0.159 e. The highest BCUT2D eigenvalue weighted by Crippen LogP contribution is 2.36. The molecule has 1 atom stereocenters. The normalized spacial score (nSPS) is 15.0. The Morgan fingerprint density at radius 3 is 2.70 bits per heavy atom. The van der Waals surface area contributed by atoms with E-state index in [1.54, 1.807) is 6.20 Å². The molecule has 0 bridgehead atoms. The molecule has 2 heterocycles. The quantitative estimate of drug-likeness (QED) is 0.940. The van der Waals surface area contributed by atoms with Crippen molar-refractivity contribution >= 4 is 11.5 Å². The number of halogens is 2. The first-order valence-electron chi connectivity index (χ1n) is 7.59. The summed E-state index contributed by atoms with van der Waals surface area (Å²) in [6.07, 6.45) is 1.91. The molecule has 122 valence electrons. The fourth-order valence-electron chi connectivity index (χ4n) is 2.75. The largest absolute Gasteiger partial charge is 0.391 e. The third kappa shape index (κ3) is 2.99. The highest BCUT2D eigenvalue weighted by Gasteiger charge is 2.26. The number of hydrogen-bond donors (Lipinski definition) is 1. The molecule has 0 saturated heterocycles. The molecule has 1 aromatic carbocycles. The van der Waals surface area contributed by atoms with E-state index in [0.717, 1.165) is 17.6 Å². The molecule has 6 heteroatoms. The van der Waals surface area contributed by atoms with Crippen molar-refractivity contribution in [2.45, 2.75) is 19.4 Å². The summed E-state index contributed by atoms with van der Waals surface area (Å²) in [5.74, 6) is -0.923. The molecule has 1 aliphatic heterocycles. The fourth-order valence-corrected chi connectivity index (χ4v) is 2.75. The summed E-state index contributed by atoms with van der Waals surface area (Å²) in [7, 11) is 1.93. The van der Waals surface area contributed by atoms with Crippen LogP contribution in [-0.2, 0) is 0 Å². The Morgan fingerprint density at radius 1 is 1.22 bits per heavy atom. The summed E-state index contributed by atoms with van der Waals surface area (Å²) < 4.78 is 26.5. The third-order valence-corrected chi connectivity index (χ3v) is 4.09. The highest BCUT2D eigenvalue weighted by atomic mass is 19.2. The summed E-state index contributed by atoms with van der Waals surface area (Å²) >= 11 is 0. The summed E-state index contributed by atoms with van der Waals surface area (Å²) in [4.78, 5) is 8.47. The molecule has 0 saturated carbocycles. The molecule has 0 radical (unpaired) electrons. The third-order valence-electron chi connectivity index (χ3n) is 4.09. The van der Waals surface area contributed by atoms with Crippen LogP contribution in [0.15, 0.2) is 30.5 Å². The topological polar surface area (TPSA) is 39.6 Å². The Morgan fingerprint density at radius 2 is 2.00 bits per heavy atom. The first kappa shape index (κ1) is 15.7. The number of aliphatic hydroxyl groups is 1. The molecule has 23 heavy (non-hydrogen) atoms. The molecule has 3 rings (SSSR count). The zero-order valence-electron chi connectivity index (χ0n) is 13.1. The number of benzene rings is 1. The highest BCUT2D eigenvalue weighted by molar-refractivity contribution is 5.78. The lowest BCUT2D eigenvalue weighted by Gasteiger charge is -2.22. The number of fused-ring (bicyclic) bond motifs is 1. The van der Waals surface area contributed by atoms with Crippen LogP contribution in [0.2, 0.25) is 0 Å². The van der Waals surface area contributed by atoms with Gasteiger partial charge in [0.15, 0.2) is 17.5 Å². The van der Waals surface area contributed by atoms with Crippen molar-refractivity contribution in [3.8, 4) is 11.1 Å². The zero-order chi connectivity index (χ0) is 16.6. The van der Waals surface area contributed by atoms with E-state index >= 15 is 0 Å². The minimum absolute atomic E-state index is 0.415. The average Bonchev–Trinajstić information content (AvgIpc) is 2.85. The van der Waals surface area contributed by atoms with Gasteiger partial charge in [-0.2, -0.15) is 0 Å². The van der Waals surface area contributed by atoms with Gasteiger partial charge >= 0.3 is 0 Å². The predicted octanol–water partition coefficient (Wildman–Crippen LogP) is 3.01. The maximum atomic E-state index is 13.4. The van der Waals surface area contributed by atoms with E-state index in [1.807, 2.05) is 29.8 Å². The van der Waals surface area contributed by atoms with Gasteiger partial charge in [-0.3, -0.25) is 0 Å². The van der Waals surface area contributed by atoms with Gasteiger partial charge in [0.1, 0.15) is 0 Å². The second-order valence-corrected chi connectivity index (χ2v) is 5.82. The molecular formula is C17H19F2N3O. The number of aliphatic hydroxyl groups excluding tert-OH is 1. The van der Waals surface area contributed by atoms with Gasteiger partial charge in [-0.05, 0) is 30.2 Å². The Balaban J connectivity index is 1.97. The number of hydrogen-bond acceptors (Lipinski definition) is 4. The van der Waals surface area contributed by atoms with Crippen LogP contribution in [0.3, 0.4) is 0 Å². The van der Waals surface area contributed by atoms with Crippen molar-refractivity contribution in [2.24, 2.45) is 0 Å². The number of aromatic nitrogens is 1. The minimum atomic E-state index is -0.877. The van der Waals surface area contributed by atoms with Gasteiger partial charge in [-0.15, -0.1) is 0 Å². The van der Waals surface area contributed by atoms with Crippen LogP contribution in [0.4, 0.5) is 20.3 Å². The molecule has 1 aliphatic rings. The fraction of sp³-hybridized carbons (Fsp3) is 0.353. The van der Waals surface area contributed by atoms with Gasteiger partial charge in [0, 0.05) is 25.4 Å².